The third kappa shape index (κ3) is 5.50. The molecule has 1 aliphatic rings. The number of aromatic nitrogens is 3. The van der Waals surface area contributed by atoms with Gasteiger partial charge in [0.15, 0.2) is 11.4 Å². The van der Waals surface area contributed by atoms with Gasteiger partial charge in [-0.1, -0.05) is 13.0 Å². The standard InChI is InChI=1S/C26H30F3N3O5S/c1-16(2)31-21-12-18(22(33)14-25(4)8-10-38(35,36)11-9-25)15-30-23(21)32(24(31)34)19-6-5-7-20(13-19)37-26(28,29)17(3)27/h5-7,12-13,15-17H,8-11,14H2,1-4H3. The zero-order chi connectivity index (χ0) is 28.0. The molecular formula is C26H30F3N3O5S. The molecule has 4 rings (SSSR count). The first-order valence-electron chi connectivity index (χ1n) is 12.3. The number of nitrogens with zero attached hydrogens (tertiary/aromatic N) is 3. The quantitative estimate of drug-likeness (QED) is 0.369. The van der Waals surface area contributed by atoms with Gasteiger partial charge in [0, 0.05) is 30.3 Å². The van der Waals surface area contributed by atoms with Gasteiger partial charge in [-0.05, 0) is 57.2 Å². The highest BCUT2D eigenvalue weighted by Gasteiger charge is 2.40. The second kappa shape index (κ2) is 9.87. The Labute approximate surface area is 218 Å². The molecule has 38 heavy (non-hydrogen) atoms. The van der Waals surface area contributed by atoms with Crippen LogP contribution in [0.1, 0.15) is 63.4 Å². The number of hydrogen-bond donors (Lipinski definition) is 0. The molecule has 2 aromatic heterocycles. The molecule has 1 atom stereocenters. The molecule has 3 heterocycles. The molecule has 0 amide bonds. The van der Waals surface area contributed by atoms with Crippen LogP contribution in [-0.4, -0.2) is 52.1 Å². The normalized spacial score (nSPS) is 18.0. The topological polar surface area (TPSA) is 100 Å². The number of Topliss-reactive ketones (excluding diaryl/α,β-unsaturated/α-hetero) is 1. The van der Waals surface area contributed by atoms with E-state index in [1.807, 2.05) is 6.92 Å². The SMILES string of the molecule is CC(C)n1c(=O)n(-c2cccc(OC(F)(F)C(C)F)c2)c2ncc(C(=O)CC3(C)CCS(=O)(=O)CC3)cc21. The number of carbonyl (C=O) groups is 1. The Hall–Kier alpha value is -3.15. The van der Waals surface area contributed by atoms with Gasteiger partial charge in [0.05, 0.1) is 22.7 Å². The number of rotatable bonds is 8. The highest BCUT2D eigenvalue weighted by Crippen LogP contribution is 2.37. The fourth-order valence-corrected chi connectivity index (χ4v) is 6.41. The smallest absolute Gasteiger partial charge is 0.429 e. The van der Waals surface area contributed by atoms with Crippen molar-refractivity contribution in [2.45, 2.75) is 65.3 Å². The largest absolute Gasteiger partial charge is 0.430 e. The van der Waals surface area contributed by atoms with Gasteiger partial charge in [0.2, 0.25) is 6.17 Å². The monoisotopic (exact) mass is 553 g/mol. The molecule has 1 aromatic carbocycles. The number of pyridine rings is 1. The van der Waals surface area contributed by atoms with E-state index < -0.39 is 33.2 Å². The lowest BCUT2D eigenvalue weighted by Gasteiger charge is -2.32. The molecule has 0 saturated carbocycles. The first-order chi connectivity index (χ1) is 17.6. The van der Waals surface area contributed by atoms with Crippen LogP contribution in [0.4, 0.5) is 13.2 Å². The molecule has 1 fully saturated rings. The van der Waals surface area contributed by atoms with Crippen LogP contribution in [0.15, 0.2) is 41.3 Å². The van der Waals surface area contributed by atoms with Crippen LogP contribution in [0, 0.1) is 5.41 Å². The van der Waals surface area contributed by atoms with Crippen molar-refractivity contribution in [3.8, 4) is 11.4 Å². The minimum Gasteiger partial charge on any atom is -0.430 e. The van der Waals surface area contributed by atoms with Crippen LogP contribution >= 0.6 is 0 Å². The molecule has 206 valence electrons. The van der Waals surface area contributed by atoms with E-state index >= 15 is 0 Å². The lowest BCUT2D eigenvalue weighted by atomic mass is 9.78. The first-order valence-corrected chi connectivity index (χ1v) is 14.1. The van der Waals surface area contributed by atoms with Crippen LogP contribution in [0.3, 0.4) is 0 Å². The van der Waals surface area contributed by atoms with E-state index in [4.69, 9.17) is 0 Å². The van der Waals surface area contributed by atoms with Crippen molar-refractivity contribution in [1.82, 2.24) is 14.1 Å². The number of ether oxygens (including phenoxy) is 1. The predicted octanol–water partition coefficient (Wildman–Crippen LogP) is 4.89. The Balaban J connectivity index is 1.73. The Morgan fingerprint density at radius 1 is 1.18 bits per heavy atom. The predicted molar refractivity (Wildman–Crippen MR) is 137 cm³/mol. The third-order valence-electron chi connectivity index (χ3n) is 6.97. The number of alkyl halides is 3. The van der Waals surface area contributed by atoms with Gasteiger partial charge in [0.1, 0.15) is 15.6 Å². The Morgan fingerprint density at radius 3 is 2.45 bits per heavy atom. The zero-order valence-electron chi connectivity index (χ0n) is 21.6. The molecule has 12 heteroatoms. The number of fused-ring (bicyclic) bond motifs is 1. The zero-order valence-corrected chi connectivity index (χ0v) is 22.4. The average molecular weight is 554 g/mol. The highest BCUT2D eigenvalue weighted by molar-refractivity contribution is 7.91. The van der Waals surface area contributed by atoms with E-state index in [0.29, 0.717) is 25.3 Å². The molecule has 1 aliphatic heterocycles. The van der Waals surface area contributed by atoms with E-state index in [2.05, 4.69) is 9.72 Å². The van der Waals surface area contributed by atoms with Gasteiger partial charge < -0.3 is 4.74 Å². The Kier molecular flexibility index (Phi) is 7.24. The maximum absolute atomic E-state index is 13.8. The molecule has 0 spiro atoms. The minimum absolute atomic E-state index is 0.0444. The Bertz CT molecular complexity index is 1530. The fraction of sp³-hybridized carbons (Fsp3) is 0.500. The van der Waals surface area contributed by atoms with E-state index in [9.17, 15) is 31.2 Å². The van der Waals surface area contributed by atoms with Crippen LogP contribution in [0.2, 0.25) is 0 Å². The van der Waals surface area contributed by atoms with Gasteiger partial charge >= 0.3 is 11.8 Å². The number of sulfone groups is 1. The average Bonchev–Trinajstić information content (AvgIpc) is 3.12. The summed E-state index contributed by atoms with van der Waals surface area (Å²) in [4.78, 5) is 31.0. The van der Waals surface area contributed by atoms with E-state index in [0.717, 1.165) is 0 Å². The summed E-state index contributed by atoms with van der Waals surface area (Å²) in [6.45, 7) is 6.15. The van der Waals surface area contributed by atoms with Gasteiger partial charge in [-0.25, -0.2) is 27.2 Å². The molecule has 0 radical (unpaired) electrons. The molecular weight excluding hydrogens is 523 g/mol. The molecule has 0 bridgehead atoms. The Morgan fingerprint density at radius 2 is 1.84 bits per heavy atom. The number of hydrogen-bond acceptors (Lipinski definition) is 6. The van der Waals surface area contributed by atoms with Crippen molar-refractivity contribution in [1.29, 1.82) is 0 Å². The second-order valence-electron chi connectivity index (χ2n) is 10.5. The summed E-state index contributed by atoms with van der Waals surface area (Å²) in [5.41, 5.74) is 0.0910. The minimum atomic E-state index is -4.05. The summed E-state index contributed by atoms with van der Waals surface area (Å²) in [7, 11) is -3.08. The summed E-state index contributed by atoms with van der Waals surface area (Å²) in [5, 5.41) is 0. The summed E-state index contributed by atoms with van der Waals surface area (Å²) >= 11 is 0. The van der Waals surface area contributed by atoms with Crippen molar-refractivity contribution in [3.63, 3.8) is 0 Å². The van der Waals surface area contributed by atoms with Crippen LogP contribution in [0.5, 0.6) is 5.75 Å². The third-order valence-corrected chi connectivity index (χ3v) is 8.62. The number of ketones is 1. The van der Waals surface area contributed by atoms with Crippen molar-refractivity contribution in [2.24, 2.45) is 5.41 Å². The van der Waals surface area contributed by atoms with Gasteiger partial charge in [0.25, 0.3) is 0 Å². The van der Waals surface area contributed by atoms with Crippen LogP contribution < -0.4 is 10.4 Å². The summed E-state index contributed by atoms with van der Waals surface area (Å²) in [6.07, 6.45) is -4.32. The van der Waals surface area contributed by atoms with Crippen molar-refractivity contribution >= 4 is 26.8 Å². The fourth-order valence-electron chi connectivity index (χ4n) is 4.60. The van der Waals surface area contributed by atoms with Crippen LogP contribution in [0.25, 0.3) is 16.9 Å². The van der Waals surface area contributed by atoms with Crippen molar-refractivity contribution < 1.29 is 31.1 Å². The summed E-state index contributed by atoms with van der Waals surface area (Å²) < 4.78 is 71.8. The van der Waals surface area contributed by atoms with Crippen molar-refractivity contribution in [3.05, 3.63) is 52.6 Å². The number of carbonyl (C=O) groups excluding carboxylic acids is 1. The number of benzene rings is 1. The number of halogens is 3. The van der Waals surface area contributed by atoms with Gasteiger partial charge in [-0.15, -0.1) is 0 Å². The molecule has 0 aliphatic carbocycles. The summed E-state index contributed by atoms with van der Waals surface area (Å²) in [6, 6.07) is 6.58. The van der Waals surface area contributed by atoms with Crippen molar-refractivity contribution in [2.75, 3.05) is 11.5 Å². The maximum atomic E-state index is 13.8. The maximum Gasteiger partial charge on any atom is 0.429 e. The molecule has 3 aromatic rings. The first kappa shape index (κ1) is 27.9. The lowest BCUT2D eigenvalue weighted by molar-refractivity contribution is -0.215. The van der Waals surface area contributed by atoms with E-state index in [-0.39, 0.29) is 52.4 Å². The van der Waals surface area contributed by atoms with Gasteiger partial charge in [-0.3, -0.25) is 9.36 Å². The van der Waals surface area contributed by atoms with Crippen LogP contribution in [-0.2, 0) is 9.84 Å². The molecule has 1 saturated heterocycles. The van der Waals surface area contributed by atoms with E-state index in [1.54, 1.807) is 19.9 Å². The number of imidazole rings is 1. The highest BCUT2D eigenvalue weighted by atomic mass is 32.2. The van der Waals surface area contributed by atoms with Gasteiger partial charge in [-0.2, -0.15) is 8.78 Å². The second-order valence-corrected chi connectivity index (χ2v) is 12.8. The van der Waals surface area contributed by atoms with E-state index in [1.165, 1.54) is 39.6 Å². The molecule has 8 nitrogen and oxygen atoms in total. The lowest BCUT2D eigenvalue weighted by Crippen LogP contribution is -2.34. The molecule has 1 unspecified atom stereocenters. The summed E-state index contributed by atoms with van der Waals surface area (Å²) in [5.74, 6) is -0.454. The molecule has 0 N–H and O–H groups in total.